The highest BCUT2D eigenvalue weighted by Crippen LogP contribution is 2.33. The van der Waals surface area contributed by atoms with Crippen LogP contribution in [0.2, 0.25) is 5.02 Å². The maximum Gasteiger partial charge on any atom is 0.280 e. The van der Waals surface area contributed by atoms with Gasteiger partial charge in [0.05, 0.1) is 11.3 Å². The smallest absolute Gasteiger partial charge is 0.280 e. The summed E-state index contributed by atoms with van der Waals surface area (Å²) in [6.45, 7) is 4.17. The molecule has 1 aromatic carbocycles. The first-order valence-electron chi connectivity index (χ1n) is 10.1. The minimum atomic E-state index is -0.0863. The zero-order chi connectivity index (χ0) is 20.1. The lowest BCUT2D eigenvalue weighted by molar-refractivity contribution is 0.253. The molecule has 0 unspecified atom stereocenters. The van der Waals surface area contributed by atoms with Crippen LogP contribution in [-0.4, -0.2) is 24.4 Å². The monoisotopic (exact) mass is 407 g/mol. The summed E-state index contributed by atoms with van der Waals surface area (Å²) >= 11 is 6.03. The summed E-state index contributed by atoms with van der Waals surface area (Å²) in [6, 6.07) is 9.75. The minimum Gasteiger partial charge on any atom is -0.310 e. The fourth-order valence-electron chi connectivity index (χ4n) is 4.59. The zero-order valence-electron chi connectivity index (χ0n) is 16.5. The molecule has 0 amide bonds. The third kappa shape index (κ3) is 2.94. The summed E-state index contributed by atoms with van der Waals surface area (Å²) in [5.74, 6) is 0.485. The molecule has 1 aliphatic rings. The van der Waals surface area contributed by atoms with Gasteiger partial charge in [-0.1, -0.05) is 43.5 Å². The second-order valence-corrected chi connectivity index (χ2v) is 8.43. The van der Waals surface area contributed by atoms with Crippen molar-refractivity contribution in [3.63, 3.8) is 0 Å². The maximum atomic E-state index is 13.2. The fourth-order valence-corrected chi connectivity index (χ4v) is 4.72. The minimum absolute atomic E-state index is 0.0863. The van der Waals surface area contributed by atoms with Crippen molar-refractivity contribution in [2.75, 3.05) is 0 Å². The van der Waals surface area contributed by atoms with Crippen molar-refractivity contribution in [2.24, 2.45) is 5.92 Å². The van der Waals surface area contributed by atoms with Crippen LogP contribution in [0.4, 0.5) is 0 Å². The van der Waals surface area contributed by atoms with E-state index in [1.165, 1.54) is 6.42 Å². The van der Waals surface area contributed by atoms with E-state index < -0.39 is 0 Å². The van der Waals surface area contributed by atoms with E-state index in [1.807, 2.05) is 48.0 Å². The lowest BCUT2D eigenvalue weighted by Gasteiger charge is -2.30. The molecule has 0 radical (unpaired) electrons. The maximum absolute atomic E-state index is 13.2. The van der Waals surface area contributed by atoms with Gasteiger partial charge in [0.1, 0.15) is 5.52 Å². The van der Waals surface area contributed by atoms with Crippen molar-refractivity contribution in [1.82, 2.24) is 24.4 Å². The van der Waals surface area contributed by atoms with Gasteiger partial charge in [-0.15, -0.1) is 10.2 Å². The van der Waals surface area contributed by atoms with Gasteiger partial charge >= 0.3 is 0 Å². The summed E-state index contributed by atoms with van der Waals surface area (Å²) in [6.07, 6.45) is 6.48. The number of benzene rings is 1. The summed E-state index contributed by atoms with van der Waals surface area (Å²) in [4.78, 5) is 13.2. The van der Waals surface area contributed by atoms with E-state index in [4.69, 9.17) is 11.6 Å². The molecule has 0 saturated heterocycles. The Morgan fingerprint density at radius 2 is 1.83 bits per heavy atom. The second kappa shape index (κ2) is 6.95. The number of fused-ring (bicyclic) bond motifs is 3. The predicted molar refractivity (Wildman–Crippen MR) is 114 cm³/mol. The third-order valence-electron chi connectivity index (χ3n) is 6.14. The molecule has 1 aliphatic carbocycles. The van der Waals surface area contributed by atoms with Crippen LogP contribution >= 0.6 is 11.6 Å². The lowest BCUT2D eigenvalue weighted by atomic mass is 9.85. The van der Waals surface area contributed by atoms with Gasteiger partial charge in [-0.2, -0.15) is 5.10 Å². The molecule has 1 saturated carbocycles. The number of pyridine rings is 1. The number of hydrogen-bond donors (Lipinski definition) is 0. The molecule has 0 spiro atoms. The normalized spacial score (nSPS) is 19.8. The average molecular weight is 408 g/mol. The Bertz CT molecular complexity index is 1270. The van der Waals surface area contributed by atoms with Crippen LogP contribution in [0.1, 0.15) is 44.3 Å². The summed E-state index contributed by atoms with van der Waals surface area (Å²) in [5, 5.41) is 14.1. The molecule has 148 valence electrons. The van der Waals surface area contributed by atoms with Crippen LogP contribution in [0.25, 0.3) is 27.8 Å². The van der Waals surface area contributed by atoms with Gasteiger partial charge in [-0.25, -0.2) is 4.52 Å². The van der Waals surface area contributed by atoms with Crippen molar-refractivity contribution in [3.05, 3.63) is 57.6 Å². The van der Waals surface area contributed by atoms with Gasteiger partial charge in [0.2, 0.25) is 0 Å². The SMILES string of the molecule is Cc1nn2c(nnc3c(=O)n([C@@H]4CCCC[C@@H]4C)ccc32)c1-c1ccc(Cl)cc1. The molecule has 7 heteroatoms. The average Bonchev–Trinajstić information content (AvgIpc) is 3.06. The summed E-state index contributed by atoms with van der Waals surface area (Å²) < 4.78 is 3.58. The number of aryl methyl sites for hydroxylation is 1. The van der Waals surface area contributed by atoms with E-state index in [9.17, 15) is 4.79 Å². The van der Waals surface area contributed by atoms with E-state index >= 15 is 0 Å². The predicted octanol–water partition coefficient (Wildman–Crippen LogP) is 4.82. The van der Waals surface area contributed by atoms with Gasteiger partial charge in [-0.05, 0) is 49.4 Å². The number of halogens is 1. The van der Waals surface area contributed by atoms with Gasteiger partial charge in [-0.3, -0.25) is 4.79 Å². The summed E-state index contributed by atoms with van der Waals surface area (Å²) in [5.41, 5.74) is 4.31. The number of hydrogen-bond acceptors (Lipinski definition) is 4. The highest BCUT2D eigenvalue weighted by atomic mass is 35.5. The number of nitrogens with zero attached hydrogens (tertiary/aromatic N) is 5. The number of aromatic nitrogens is 5. The van der Waals surface area contributed by atoms with E-state index in [0.717, 1.165) is 36.1 Å². The third-order valence-corrected chi connectivity index (χ3v) is 6.39. The van der Waals surface area contributed by atoms with Gasteiger partial charge < -0.3 is 4.57 Å². The quantitative estimate of drug-likeness (QED) is 0.478. The second-order valence-electron chi connectivity index (χ2n) is 7.99. The molecule has 3 heterocycles. The molecule has 0 aliphatic heterocycles. The van der Waals surface area contributed by atoms with Crippen molar-refractivity contribution >= 4 is 28.3 Å². The van der Waals surface area contributed by atoms with Crippen LogP contribution in [0, 0.1) is 12.8 Å². The number of rotatable bonds is 2. The highest BCUT2D eigenvalue weighted by Gasteiger charge is 2.25. The molecule has 3 aromatic heterocycles. The van der Waals surface area contributed by atoms with Crippen LogP contribution in [-0.2, 0) is 0 Å². The first kappa shape index (κ1) is 18.3. The first-order chi connectivity index (χ1) is 14.0. The molecule has 2 atom stereocenters. The van der Waals surface area contributed by atoms with Gasteiger partial charge in [0.15, 0.2) is 11.2 Å². The van der Waals surface area contributed by atoms with Gasteiger partial charge in [0, 0.05) is 17.3 Å². The Labute approximate surface area is 173 Å². The Hall–Kier alpha value is -2.73. The van der Waals surface area contributed by atoms with Gasteiger partial charge in [0.25, 0.3) is 5.56 Å². The molecule has 5 rings (SSSR count). The topological polar surface area (TPSA) is 65.1 Å². The molecular formula is C22H22ClN5O. The van der Waals surface area contributed by atoms with Crippen LogP contribution in [0.15, 0.2) is 41.3 Å². The molecule has 0 bridgehead atoms. The Morgan fingerprint density at radius 1 is 1.07 bits per heavy atom. The van der Waals surface area contributed by atoms with Crippen LogP contribution in [0.3, 0.4) is 0 Å². The largest absolute Gasteiger partial charge is 0.310 e. The molecule has 1 fully saturated rings. The van der Waals surface area contributed by atoms with Crippen LogP contribution < -0.4 is 5.56 Å². The van der Waals surface area contributed by atoms with Crippen molar-refractivity contribution in [1.29, 1.82) is 0 Å². The Morgan fingerprint density at radius 3 is 2.59 bits per heavy atom. The zero-order valence-corrected chi connectivity index (χ0v) is 17.2. The van der Waals surface area contributed by atoms with E-state index in [1.54, 1.807) is 4.52 Å². The standard InChI is InChI=1S/C22H22ClN5O/c1-13-5-3-4-6-17(13)27-12-11-18-20(22(27)29)24-25-21-19(14(2)26-28(18)21)15-7-9-16(23)10-8-15/h7-13,17H,3-6H2,1-2H3/t13-,17+/m0/s1. The Balaban J connectivity index is 1.70. The van der Waals surface area contributed by atoms with E-state index in [-0.39, 0.29) is 11.6 Å². The first-order valence-corrected chi connectivity index (χ1v) is 10.4. The molecule has 6 nitrogen and oxygen atoms in total. The van der Waals surface area contributed by atoms with Crippen molar-refractivity contribution in [2.45, 2.75) is 45.6 Å². The molecule has 0 N–H and O–H groups in total. The fraction of sp³-hybridized carbons (Fsp3) is 0.364. The summed E-state index contributed by atoms with van der Waals surface area (Å²) in [7, 11) is 0. The lowest BCUT2D eigenvalue weighted by Crippen LogP contribution is -2.31. The van der Waals surface area contributed by atoms with Crippen molar-refractivity contribution < 1.29 is 0 Å². The van der Waals surface area contributed by atoms with Crippen LogP contribution in [0.5, 0.6) is 0 Å². The van der Waals surface area contributed by atoms with E-state index in [0.29, 0.717) is 27.6 Å². The van der Waals surface area contributed by atoms with Crippen molar-refractivity contribution in [3.8, 4) is 11.1 Å². The Kier molecular flexibility index (Phi) is 4.39. The molecular weight excluding hydrogens is 386 g/mol. The highest BCUT2D eigenvalue weighted by molar-refractivity contribution is 6.30. The molecule has 29 heavy (non-hydrogen) atoms. The molecule has 4 aromatic rings. The van der Waals surface area contributed by atoms with E-state index in [2.05, 4.69) is 22.2 Å².